The monoisotopic (exact) mass is 473 g/mol. The number of methoxy groups -OCH3 is 1. The summed E-state index contributed by atoms with van der Waals surface area (Å²) in [5.74, 6) is 0.981. The van der Waals surface area contributed by atoms with E-state index in [0.29, 0.717) is 46.2 Å². The number of benzene rings is 2. The first-order valence-electron chi connectivity index (χ1n) is 10.4. The lowest BCUT2D eigenvalue weighted by Crippen LogP contribution is -2.40. The van der Waals surface area contributed by atoms with Gasteiger partial charge >= 0.3 is 0 Å². The van der Waals surface area contributed by atoms with Crippen LogP contribution in [0.3, 0.4) is 0 Å². The van der Waals surface area contributed by atoms with Crippen molar-refractivity contribution in [2.24, 2.45) is 0 Å². The molecule has 2 atom stereocenters. The molecule has 1 amide bonds. The van der Waals surface area contributed by atoms with Crippen LogP contribution in [0.5, 0.6) is 11.5 Å². The molecule has 4 rings (SSSR count). The summed E-state index contributed by atoms with van der Waals surface area (Å²) >= 11 is 6.02. The molecule has 8 nitrogen and oxygen atoms in total. The molecule has 0 unspecified atom stereocenters. The van der Waals surface area contributed by atoms with Crippen LogP contribution < -0.4 is 14.8 Å². The van der Waals surface area contributed by atoms with Gasteiger partial charge in [-0.2, -0.15) is 0 Å². The van der Waals surface area contributed by atoms with Crippen molar-refractivity contribution in [1.82, 2.24) is 19.8 Å². The maximum absolute atomic E-state index is 14.3. The smallest absolute Gasteiger partial charge is 0.239 e. The van der Waals surface area contributed by atoms with Gasteiger partial charge in [0, 0.05) is 43.5 Å². The second-order valence-corrected chi connectivity index (χ2v) is 8.59. The third-order valence-corrected chi connectivity index (χ3v) is 5.87. The lowest BCUT2D eigenvalue weighted by Gasteiger charge is -2.21. The van der Waals surface area contributed by atoms with E-state index in [1.54, 1.807) is 38.2 Å². The van der Waals surface area contributed by atoms with Crippen molar-refractivity contribution in [3.63, 3.8) is 0 Å². The fraction of sp³-hybridized carbons (Fsp3) is 0.348. The molecule has 0 spiro atoms. The van der Waals surface area contributed by atoms with Gasteiger partial charge in [-0.15, -0.1) is 0 Å². The van der Waals surface area contributed by atoms with Crippen LogP contribution in [0.15, 0.2) is 36.7 Å². The summed E-state index contributed by atoms with van der Waals surface area (Å²) < 4.78 is 26.1. The van der Waals surface area contributed by atoms with E-state index in [2.05, 4.69) is 15.3 Å². The van der Waals surface area contributed by atoms with E-state index in [-0.39, 0.29) is 23.7 Å². The van der Waals surface area contributed by atoms with Crippen LogP contribution in [0.25, 0.3) is 10.9 Å². The number of hydrogen-bond acceptors (Lipinski definition) is 7. The summed E-state index contributed by atoms with van der Waals surface area (Å²) in [4.78, 5) is 24.6. The minimum absolute atomic E-state index is 0.0394. The Hall–Kier alpha value is -3.17. The number of hydrogen-bond donors (Lipinski definition) is 1. The SMILES string of the molecule is COc1cc2ncnc(Nc3cc(Cl)ccc3F)c2cc1O[C@H]1C[C@H](C(=O)N(C)C)N(C)C1. The van der Waals surface area contributed by atoms with Crippen LogP contribution in [0.2, 0.25) is 5.02 Å². The molecule has 0 aliphatic carbocycles. The zero-order valence-electron chi connectivity index (χ0n) is 18.8. The van der Waals surface area contributed by atoms with Crippen molar-refractivity contribution in [3.8, 4) is 11.5 Å². The summed E-state index contributed by atoms with van der Waals surface area (Å²) in [6.07, 6.45) is 1.73. The number of halogens is 2. The van der Waals surface area contributed by atoms with Crippen LogP contribution in [-0.4, -0.2) is 72.6 Å². The van der Waals surface area contributed by atoms with Gasteiger partial charge in [-0.05, 0) is 31.3 Å². The molecule has 2 heterocycles. The Morgan fingerprint density at radius 3 is 2.76 bits per heavy atom. The lowest BCUT2D eigenvalue weighted by atomic mass is 10.1. The minimum Gasteiger partial charge on any atom is -0.493 e. The topological polar surface area (TPSA) is 79.8 Å². The molecule has 1 fully saturated rings. The number of aromatic nitrogens is 2. The number of likely N-dealkylation sites (N-methyl/N-ethyl adjacent to an activating group) is 2. The molecule has 0 saturated carbocycles. The van der Waals surface area contributed by atoms with Gasteiger partial charge in [0.2, 0.25) is 5.91 Å². The number of nitrogens with one attached hydrogen (secondary N) is 1. The second kappa shape index (κ2) is 9.36. The fourth-order valence-corrected chi connectivity index (χ4v) is 4.11. The normalized spacial score (nSPS) is 18.4. The number of amides is 1. The van der Waals surface area contributed by atoms with E-state index >= 15 is 0 Å². The molecule has 1 aromatic heterocycles. The first-order chi connectivity index (χ1) is 15.8. The average Bonchev–Trinajstić information content (AvgIpc) is 3.15. The number of fused-ring (bicyclic) bond motifs is 1. The van der Waals surface area contributed by atoms with E-state index in [9.17, 15) is 9.18 Å². The Balaban J connectivity index is 1.65. The van der Waals surface area contributed by atoms with Crippen LogP contribution >= 0.6 is 11.6 Å². The van der Waals surface area contributed by atoms with Gasteiger partial charge in [-0.1, -0.05) is 11.6 Å². The Bertz CT molecular complexity index is 1190. The maximum atomic E-state index is 14.3. The molecule has 1 N–H and O–H groups in total. The molecule has 1 aliphatic rings. The predicted molar refractivity (Wildman–Crippen MR) is 125 cm³/mol. The summed E-state index contributed by atoms with van der Waals surface area (Å²) in [5.41, 5.74) is 0.798. The Kier molecular flexibility index (Phi) is 6.53. The average molecular weight is 474 g/mol. The van der Waals surface area contributed by atoms with Crippen LogP contribution in [0.1, 0.15) is 6.42 Å². The largest absolute Gasteiger partial charge is 0.493 e. The summed E-state index contributed by atoms with van der Waals surface area (Å²) in [5, 5.41) is 4.01. The maximum Gasteiger partial charge on any atom is 0.239 e. The zero-order valence-corrected chi connectivity index (χ0v) is 19.6. The van der Waals surface area contributed by atoms with Gasteiger partial charge in [0.25, 0.3) is 0 Å². The van der Waals surface area contributed by atoms with Gasteiger partial charge in [-0.25, -0.2) is 14.4 Å². The summed E-state index contributed by atoms with van der Waals surface area (Å²) in [6, 6.07) is 7.51. The van der Waals surface area contributed by atoms with Crippen LogP contribution in [-0.2, 0) is 4.79 Å². The second-order valence-electron chi connectivity index (χ2n) is 8.16. The summed E-state index contributed by atoms with van der Waals surface area (Å²) in [7, 11) is 6.94. The van der Waals surface area contributed by atoms with Crippen molar-refractivity contribution in [3.05, 3.63) is 47.5 Å². The molecule has 10 heteroatoms. The number of carbonyl (C=O) groups excluding carboxylic acids is 1. The molecule has 33 heavy (non-hydrogen) atoms. The quantitative estimate of drug-likeness (QED) is 0.584. The molecule has 0 bridgehead atoms. The van der Waals surface area contributed by atoms with E-state index in [1.165, 1.54) is 24.5 Å². The molecule has 3 aromatic rings. The number of ether oxygens (including phenoxy) is 2. The molecule has 0 radical (unpaired) electrons. The van der Waals surface area contributed by atoms with Crippen molar-refractivity contribution >= 4 is 39.9 Å². The molecular formula is C23H25ClFN5O3. The van der Waals surface area contributed by atoms with Crippen LogP contribution in [0, 0.1) is 5.82 Å². The highest BCUT2D eigenvalue weighted by atomic mass is 35.5. The lowest BCUT2D eigenvalue weighted by molar-refractivity contribution is -0.133. The number of anilines is 2. The van der Waals surface area contributed by atoms with Crippen molar-refractivity contribution in [2.75, 3.05) is 40.1 Å². The minimum atomic E-state index is -0.457. The van der Waals surface area contributed by atoms with E-state index < -0.39 is 5.82 Å². The van der Waals surface area contributed by atoms with Gasteiger partial charge < -0.3 is 19.7 Å². The fourth-order valence-electron chi connectivity index (χ4n) is 3.94. The van der Waals surface area contributed by atoms with E-state index in [1.807, 2.05) is 11.9 Å². The molecule has 2 aromatic carbocycles. The van der Waals surface area contributed by atoms with Gasteiger partial charge in [-0.3, -0.25) is 9.69 Å². The number of likely N-dealkylation sites (tertiary alicyclic amines) is 1. The van der Waals surface area contributed by atoms with Crippen LogP contribution in [0.4, 0.5) is 15.9 Å². The van der Waals surface area contributed by atoms with Gasteiger partial charge in [0.05, 0.1) is 24.4 Å². The summed E-state index contributed by atoms with van der Waals surface area (Å²) in [6.45, 7) is 0.593. The molecule has 174 valence electrons. The van der Waals surface area contributed by atoms with Crippen molar-refractivity contribution in [1.29, 1.82) is 0 Å². The Morgan fingerprint density at radius 1 is 1.24 bits per heavy atom. The van der Waals surface area contributed by atoms with Crippen molar-refractivity contribution in [2.45, 2.75) is 18.6 Å². The molecule has 1 saturated heterocycles. The highest BCUT2D eigenvalue weighted by Crippen LogP contribution is 2.37. The third kappa shape index (κ3) is 4.79. The highest BCUT2D eigenvalue weighted by molar-refractivity contribution is 6.30. The number of rotatable bonds is 6. The van der Waals surface area contributed by atoms with Gasteiger partial charge in [0.1, 0.15) is 24.1 Å². The highest BCUT2D eigenvalue weighted by Gasteiger charge is 2.36. The Morgan fingerprint density at radius 2 is 2.03 bits per heavy atom. The first kappa shape index (κ1) is 23.0. The third-order valence-electron chi connectivity index (χ3n) is 5.63. The predicted octanol–water partition coefficient (Wildman–Crippen LogP) is 3.71. The zero-order chi connectivity index (χ0) is 23.7. The number of nitrogens with zero attached hydrogens (tertiary/aromatic N) is 4. The number of carbonyl (C=O) groups is 1. The van der Waals surface area contributed by atoms with Crippen molar-refractivity contribution < 1.29 is 18.7 Å². The Labute approximate surface area is 196 Å². The molecular weight excluding hydrogens is 449 g/mol. The first-order valence-corrected chi connectivity index (χ1v) is 10.8. The molecule has 1 aliphatic heterocycles. The van der Waals surface area contributed by atoms with E-state index in [0.717, 1.165) is 0 Å². The van der Waals surface area contributed by atoms with Gasteiger partial charge in [0.15, 0.2) is 11.5 Å². The standard InChI is InChI=1S/C23H25ClFN5O3/c1-29(2)23(31)19-8-14(11-30(19)3)33-21-9-15-17(10-20(21)32-4)26-12-27-22(15)28-18-7-13(24)5-6-16(18)25/h5-7,9-10,12,14,19H,8,11H2,1-4H3,(H,26,27,28)/t14-,19+/m0/s1. The van der Waals surface area contributed by atoms with E-state index in [4.69, 9.17) is 21.1 Å².